The molecule has 2 atom stereocenters. The molecule has 0 spiro atoms. The van der Waals surface area contributed by atoms with Crippen molar-refractivity contribution in [3.8, 4) is 0 Å². The van der Waals surface area contributed by atoms with Gasteiger partial charge in [0.05, 0.1) is 12.5 Å². The van der Waals surface area contributed by atoms with E-state index < -0.39 is 12.0 Å². The summed E-state index contributed by atoms with van der Waals surface area (Å²) in [5.74, 6) is -0.300. The van der Waals surface area contributed by atoms with Gasteiger partial charge < -0.3 is 5.32 Å². The number of hydrazine groups is 1. The first-order chi connectivity index (χ1) is 14.0. The quantitative estimate of drug-likeness (QED) is 0.344. The number of nitrogens with one attached hydrogen (secondary N) is 2. The van der Waals surface area contributed by atoms with E-state index in [1.165, 1.54) is 5.01 Å². The average molecular weight is 403 g/mol. The zero-order chi connectivity index (χ0) is 20.8. The third-order valence-electron chi connectivity index (χ3n) is 5.66. The van der Waals surface area contributed by atoms with Crippen LogP contribution in [-0.4, -0.2) is 57.6 Å². The van der Waals surface area contributed by atoms with Crippen molar-refractivity contribution in [3.05, 3.63) is 23.9 Å². The molecule has 1 aromatic rings. The molecule has 29 heavy (non-hydrogen) atoms. The van der Waals surface area contributed by atoms with E-state index in [0.29, 0.717) is 42.6 Å². The second-order valence-corrected chi connectivity index (χ2v) is 7.88. The van der Waals surface area contributed by atoms with Crippen molar-refractivity contribution in [1.29, 1.82) is 0 Å². The molecule has 2 fully saturated rings. The first-order valence-corrected chi connectivity index (χ1v) is 10.2. The van der Waals surface area contributed by atoms with Gasteiger partial charge in [0.2, 0.25) is 18.2 Å². The summed E-state index contributed by atoms with van der Waals surface area (Å²) in [6.45, 7) is 2.26. The van der Waals surface area contributed by atoms with Crippen LogP contribution in [0.1, 0.15) is 44.2 Å². The SMILES string of the molecule is Cc1cccc(NC(=O)[C@@H]2CCNN2C(=O)[C@H](CC2CCCC2)CN(O)C=O)n1. The van der Waals surface area contributed by atoms with Gasteiger partial charge in [0.1, 0.15) is 11.9 Å². The maximum Gasteiger partial charge on any atom is 0.250 e. The molecule has 3 rings (SSSR count). The van der Waals surface area contributed by atoms with E-state index in [2.05, 4.69) is 15.7 Å². The van der Waals surface area contributed by atoms with Gasteiger partial charge in [0.15, 0.2) is 0 Å². The van der Waals surface area contributed by atoms with E-state index in [-0.39, 0.29) is 18.4 Å². The Morgan fingerprint density at radius 1 is 1.38 bits per heavy atom. The number of hydrogen-bond donors (Lipinski definition) is 3. The molecule has 1 aromatic heterocycles. The number of carbonyl (C=O) groups excluding carboxylic acids is 3. The van der Waals surface area contributed by atoms with Gasteiger partial charge in [0, 0.05) is 12.2 Å². The molecular weight excluding hydrogens is 374 g/mol. The topological polar surface area (TPSA) is 115 Å². The van der Waals surface area contributed by atoms with E-state index >= 15 is 0 Å². The third-order valence-corrected chi connectivity index (χ3v) is 5.66. The van der Waals surface area contributed by atoms with Crippen molar-refractivity contribution in [3.63, 3.8) is 0 Å². The molecule has 3 amide bonds. The summed E-state index contributed by atoms with van der Waals surface area (Å²) in [6.07, 6.45) is 5.75. The van der Waals surface area contributed by atoms with Crippen LogP contribution >= 0.6 is 0 Å². The maximum atomic E-state index is 13.2. The van der Waals surface area contributed by atoms with Crippen LogP contribution in [0.15, 0.2) is 18.2 Å². The summed E-state index contributed by atoms with van der Waals surface area (Å²) < 4.78 is 0. The summed E-state index contributed by atoms with van der Waals surface area (Å²) >= 11 is 0. The minimum Gasteiger partial charge on any atom is -0.309 e. The fourth-order valence-corrected chi connectivity index (χ4v) is 4.23. The second kappa shape index (κ2) is 9.80. The number of aromatic nitrogens is 1. The molecule has 0 unspecified atom stereocenters. The number of hydrogen-bond acceptors (Lipinski definition) is 6. The van der Waals surface area contributed by atoms with Crippen LogP contribution in [0.4, 0.5) is 5.82 Å². The van der Waals surface area contributed by atoms with Crippen LogP contribution in [0.3, 0.4) is 0 Å². The molecule has 0 aromatic carbocycles. The molecule has 9 heteroatoms. The highest BCUT2D eigenvalue weighted by Crippen LogP contribution is 2.31. The number of nitrogens with zero attached hydrogens (tertiary/aromatic N) is 3. The summed E-state index contributed by atoms with van der Waals surface area (Å²) in [6, 6.07) is 4.68. The van der Waals surface area contributed by atoms with Gasteiger partial charge in [-0.05, 0) is 37.8 Å². The monoisotopic (exact) mass is 403 g/mol. The molecule has 0 bridgehead atoms. The molecule has 158 valence electrons. The van der Waals surface area contributed by atoms with Crippen molar-refractivity contribution in [2.24, 2.45) is 11.8 Å². The van der Waals surface area contributed by atoms with E-state index in [1.54, 1.807) is 12.1 Å². The molecule has 1 aliphatic carbocycles. The normalized spacial score (nSPS) is 20.5. The molecule has 2 aliphatic rings. The van der Waals surface area contributed by atoms with Gasteiger partial charge >= 0.3 is 0 Å². The van der Waals surface area contributed by atoms with Crippen LogP contribution < -0.4 is 10.7 Å². The van der Waals surface area contributed by atoms with Gasteiger partial charge in [-0.25, -0.2) is 15.5 Å². The second-order valence-electron chi connectivity index (χ2n) is 7.88. The molecule has 0 radical (unpaired) electrons. The van der Waals surface area contributed by atoms with E-state index in [9.17, 15) is 19.6 Å². The van der Waals surface area contributed by atoms with Crippen molar-refractivity contribution in [2.45, 2.75) is 51.5 Å². The Kier molecular flexibility index (Phi) is 7.16. The highest BCUT2D eigenvalue weighted by molar-refractivity contribution is 5.97. The first-order valence-electron chi connectivity index (χ1n) is 10.2. The van der Waals surface area contributed by atoms with Crippen molar-refractivity contribution < 1.29 is 19.6 Å². The minimum absolute atomic E-state index is 0.0786. The van der Waals surface area contributed by atoms with Crippen LogP contribution in [0, 0.1) is 18.8 Å². The van der Waals surface area contributed by atoms with Gasteiger partial charge in [-0.15, -0.1) is 0 Å². The number of carbonyl (C=O) groups is 3. The van der Waals surface area contributed by atoms with Crippen LogP contribution in [0.25, 0.3) is 0 Å². The van der Waals surface area contributed by atoms with Crippen LogP contribution in [-0.2, 0) is 14.4 Å². The van der Waals surface area contributed by atoms with Gasteiger partial charge in [0.25, 0.3) is 0 Å². The lowest BCUT2D eigenvalue weighted by Gasteiger charge is -2.29. The summed E-state index contributed by atoms with van der Waals surface area (Å²) in [7, 11) is 0. The van der Waals surface area contributed by atoms with Gasteiger partial charge in [-0.3, -0.25) is 24.6 Å². The van der Waals surface area contributed by atoms with E-state index in [1.807, 2.05) is 13.0 Å². The molecule has 1 saturated heterocycles. The smallest absolute Gasteiger partial charge is 0.250 e. The van der Waals surface area contributed by atoms with Crippen molar-refractivity contribution >= 4 is 24.0 Å². The summed E-state index contributed by atoms with van der Waals surface area (Å²) in [5, 5.41) is 14.3. The Labute approximate surface area is 170 Å². The predicted octanol–water partition coefficient (Wildman–Crippen LogP) is 1.48. The number of pyridine rings is 1. The molecular formula is C20H29N5O4. The third kappa shape index (κ3) is 5.51. The zero-order valence-corrected chi connectivity index (χ0v) is 16.7. The molecule has 3 N–H and O–H groups in total. The molecule has 2 heterocycles. The van der Waals surface area contributed by atoms with Crippen molar-refractivity contribution in [2.75, 3.05) is 18.4 Å². The van der Waals surface area contributed by atoms with Gasteiger partial charge in [-0.1, -0.05) is 31.7 Å². The summed E-state index contributed by atoms with van der Waals surface area (Å²) in [4.78, 5) is 41.2. The Morgan fingerprint density at radius 2 is 2.14 bits per heavy atom. The fraction of sp³-hybridized carbons (Fsp3) is 0.600. The molecule has 9 nitrogen and oxygen atoms in total. The highest BCUT2D eigenvalue weighted by Gasteiger charge is 2.39. The van der Waals surface area contributed by atoms with E-state index in [4.69, 9.17) is 0 Å². The minimum atomic E-state index is -0.667. The van der Waals surface area contributed by atoms with Crippen molar-refractivity contribution in [1.82, 2.24) is 20.5 Å². The lowest BCUT2D eigenvalue weighted by molar-refractivity contribution is -0.159. The average Bonchev–Trinajstić information content (AvgIpc) is 3.38. The number of hydroxylamine groups is 2. The lowest BCUT2D eigenvalue weighted by atomic mass is 9.92. The molecule has 1 aliphatic heterocycles. The zero-order valence-electron chi connectivity index (χ0n) is 16.7. The Bertz CT molecular complexity index is 737. The number of amides is 3. The largest absolute Gasteiger partial charge is 0.309 e. The first kappa shape index (κ1) is 21.2. The summed E-state index contributed by atoms with van der Waals surface area (Å²) in [5.41, 5.74) is 3.78. The number of rotatable bonds is 8. The van der Waals surface area contributed by atoms with E-state index in [0.717, 1.165) is 31.4 Å². The maximum absolute atomic E-state index is 13.2. The lowest BCUT2D eigenvalue weighted by Crippen LogP contribution is -2.51. The number of anilines is 1. The predicted molar refractivity (Wildman–Crippen MR) is 105 cm³/mol. The Hall–Kier alpha value is -2.52. The molecule has 1 saturated carbocycles. The number of aryl methyl sites for hydroxylation is 1. The van der Waals surface area contributed by atoms with Gasteiger partial charge in [-0.2, -0.15) is 0 Å². The standard InChI is InChI=1S/C20H29N5O4/c1-14-5-4-8-18(22-14)23-19(27)17-9-10-21-25(17)20(28)16(12-24(29)13-26)11-15-6-2-3-7-15/h4-5,8,13,15-17,21,29H,2-3,6-7,9-12H2,1H3,(H,22,23,27)/t16-,17+/m1/s1. The Morgan fingerprint density at radius 3 is 2.83 bits per heavy atom. The van der Waals surface area contributed by atoms with Crippen LogP contribution in [0.5, 0.6) is 0 Å². The highest BCUT2D eigenvalue weighted by atomic mass is 16.5. The Balaban J connectivity index is 1.69. The fourth-order valence-electron chi connectivity index (χ4n) is 4.23. The van der Waals surface area contributed by atoms with Crippen LogP contribution in [0.2, 0.25) is 0 Å².